The van der Waals surface area contributed by atoms with E-state index in [2.05, 4.69) is 20.9 Å². The fourth-order valence-corrected chi connectivity index (χ4v) is 2.35. The minimum Gasteiger partial charge on any atom is -0.400 e. The fraction of sp³-hybridized carbons (Fsp3) is 0.353. The van der Waals surface area contributed by atoms with Crippen LogP contribution in [-0.2, 0) is 4.79 Å². The molecule has 2 unspecified atom stereocenters. The molecule has 2 atom stereocenters. The molecule has 1 aromatic carbocycles. The average molecular weight is 438 g/mol. The van der Waals surface area contributed by atoms with Crippen molar-refractivity contribution in [3.05, 3.63) is 46.4 Å². The van der Waals surface area contributed by atoms with Crippen molar-refractivity contribution in [1.29, 1.82) is 0 Å². The van der Waals surface area contributed by atoms with Gasteiger partial charge in [-0.1, -0.05) is 17.7 Å². The molecule has 29 heavy (non-hydrogen) atoms. The van der Waals surface area contributed by atoms with E-state index in [-0.39, 0.29) is 22.8 Å². The number of aldehydes is 1. The number of amides is 2. The van der Waals surface area contributed by atoms with Gasteiger partial charge < -0.3 is 26.5 Å². The highest BCUT2D eigenvalue weighted by molar-refractivity contribution is 6.30. The topological polar surface area (TPSA) is 109 Å². The predicted octanol–water partition coefficient (Wildman–Crippen LogP) is 2.08. The van der Waals surface area contributed by atoms with E-state index in [0.717, 1.165) is 6.21 Å². The minimum atomic E-state index is -4.36. The number of nitrogens with two attached hydrogens (primary N) is 1. The molecule has 0 saturated carbocycles. The Kier molecular flexibility index (Phi) is 9.56. The van der Waals surface area contributed by atoms with Gasteiger partial charge in [-0.25, -0.2) is 9.18 Å². The Morgan fingerprint density at radius 3 is 2.62 bits per heavy atom. The minimum absolute atomic E-state index is 0.0636. The van der Waals surface area contributed by atoms with Gasteiger partial charge in [0.15, 0.2) is 0 Å². The lowest BCUT2D eigenvalue weighted by Gasteiger charge is -2.17. The quantitative estimate of drug-likeness (QED) is 0.310. The Morgan fingerprint density at radius 1 is 1.48 bits per heavy atom. The standard InChI is InChI=1S/C13H14ClF4N3.C4H6N2O2/c1-20-12(8-2-3-10(15)9(14)6-8)11(19)4-5-21-7-13(16,17)18;7-2-3-1-5-4(8)6-3/h2-6,12,20H,7,19H2,1H3;2-3H,1H2,(H2,5,6,8)/b11-4-,21-5?;. The summed E-state index contributed by atoms with van der Waals surface area (Å²) < 4.78 is 48.9. The van der Waals surface area contributed by atoms with Gasteiger partial charge in [-0.15, -0.1) is 0 Å². The molecule has 1 heterocycles. The van der Waals surface area contributed by atoms with Gasteiger partial charge in [-0.2, -0.15) is 13.2 Å². The monoisotopic (exact) mass is 437 g/mol. The lowest BCUT2D eigenvalue weighted by molar-refractivity contribution is -0.118. The summed E-state index contributed by atoms with van der Waals surface area (Å²) in [6, 6.07) is 2.97. The van der Waals surface area contributed by atoms with Crippen LogP contribution in [0.2, 0.25) is 5.02 Å². The predicted molar refractivity (Wildman–Crippen MR) is 101 cm³/mol. The molecule has 0 aliphatic carbocycles. The number of rotatable bonds is 6. The van der Waals surface area contributed by atoms with Crippen LogP contribution < -0.4 is 21.7 Å². The zero-order valence-electron chi connectivity index (χ0n) is 15.3. The Hall–Kier alpha value is -2.66. The summed E-state index contributed by atoms with van der Waals surface area (Å²) in [4.78, 5) is 23.3. The molecular formula is C17H20ClF4N5O2. The summed E-state index contributed by atoms with van der Waals surface area (Å²) in [5.74, 6) is -0.565. The first kappa shape index (κ1) is 24.4. The first-order chi connectivity index (χ1) is 13.6. The number of aliphatic imine (C=N–C) groups is 1. The highest BCUT2D eigenvalue weighted by atomic mass is 35.5. The summed E-state index contributed by atoms with van der Waals surface area (Å²) >= 11 is 5.68. The zero-order chi connectivity index (χ0) is 22.0. The average Bonchev–Trinajstić information content (AvgIpc) is 3.08. The largest absolute Gasteiger partial charge is 0.407 e. The molecule has 1 aliphatic rings. The molecule has 7 nitrogen and oxygen atoms in total. The third-order valence-electron chi connectivity index (χ3n) is 3.51. The van der Waals surface area contributed by atoms with E-state index in [9.17, 15) is 27.2 Å². The molecule has 12 heteroatoms. The molecule has 0 aromatic heterocycles. The number of likely N-dealkylation sites (N-methyl/N-ethyl adjacent to an activating group) is 1. The first-order valence-corrected chi connectivity index (χ1v) is 8.59. The molecule has 160 valence electrons. The third kappa shape index (κ3) is 8.92. The third-order valence-corrected chi connectivity index (χ3v) is 3.79. The highest BCUT2D eigenvalue weighted by Gasteiger charge is 2.25. The second-order valence-corrected chi connectivity index (χ2v) is 6.17. The molecule has 0 bridgehead atoms. The van der Waals surface area contributed by atoms with Crippen molar-refractivity contribution < 1.29 is 27.2 Å². The molecule has 1 fully saturated rings. The Bertz CT molecular complexity index is 771. The van der Waals surface area contributed by atoms with Crippen molar-refractivity contribution in [3.63, 3.8) is 0 Å². The van der Waals surface area contributed by atoms with E-state index in [0.29, 0.717) is 18.4 Å². The van der Waals surface area contributed by atoms with E-state index < -0.39 is 24.6 Å². The molecule has 2 rings (SSSR count). The molecule has 0 spiro atoms. The van der Waals surface area contributed by atoms with Crippen molar-refractivity contribution in [2.24, 2.45) is 10.7 Å². The summed E-state index contributed by atoms with van der Waals surface area (Å²) in [5, 5.41) is 7.62. The van der Waals surface area contributed by atoms with E-state index in [1.807, 2.05) is 0 Å². The molecule has 1 saturated heterocycles. The number of hydrogen-bond acceptors (Lipinski definition) is 5. The number of carbonyl (C=O) groups is 2. The second kappa shape index (κ2) is 11.4. The van der Waals surface area contributed by atoms with Crippen molar-refractivity contribution in [1.82, 2.24) is 16.0 Å². The molecule has 0 radical (unpaired) electrons. The van der Waals surface area contributed by atoms with Crippen LogP contribution >= 0.6 is 11.6 Å². The van der Waals surface area contributed by atoms with Gasteiger partial charge in [0.2, 0.25) is 0 Å². The summed E-state index contributed by atoms with van der Waals surface area (Å²) in [7, 11) is 1.61. The molecule has 5 N–H and O–H groups in total. The van der Waals surface area contributed by atoms with Crippen LogP contribution in [0.1, 0.15) is 11.6 Å². The molecule has 1 aliphatic heterocycles. The van der Waals surface area contributed by atoms with Gasteiger partial charge in [0.25, 0.3) is 0 Å². The number of hydrogen-bond donors (Lipinski definition) is 4. The number of benzene rings is 1. The van der Waals surface area contributed by atoms with Gasteiger partial charge in [-0.3, -0.25) is 4.99 Å². The van der Waals surface area contributed by atoms with Crippen LogP contribution in [0.15, 0.2) is 35.0 Å². The maximum Gasteiger partial charge on any atom is 0.407 e. The number of halogens is 5. The summed E-state index contributed by atoms with van der Waals surface area (Å²) in [6.45, 7) is -0.855. The van der Waals surface area contributed by atoms with Crippen LogP contribution in [0.3, 0.4) is 0 Å². The number of allylic oxidation sites excluding steroid dienone is 1. The van der Waals surface area contributed by atoms with Crippen LogP contribution in [0.4, 0.5) is 22.4 Å². The van der Waals surface area contributed by atoms with Gasteiger partial charge in [0.05, 0.1) is 11.1 Å². The van der Waals surface area contributed by atoms with Gasteiger partial charge in [0, 0.05) is 18.5 Å². The smallest absolute Gasteiger partial charge is 0.400 e. The Labute approximate surface area is 169 Å². The number of nitrogens with one attached hydrogen (secondary N) is 3. The number of alkyl halides is 3. The Balaban J connectivity index is 0.000000436. The Morgan fingerprint density at radius 2 is 2.17 bits per heavy atom. The van der Waals surface area contributed by atoms with Gasteiger partial charge >= 0.3 is 12.2 Å². The van der Waals surface area contributed by atoms with E-state index in [1.165, 1.54) is 24.3 Å². The lowest BCUT2D eigenvalue weighted by atomic mass is 10.0. The lowest BCUT2D eigenvalue weighted by Crippen LogP contribution is -2.27. The summed E-state index contributed by atoms with van der Waals surface area (Å²) in [5.41, 5.74) is 6.60. The number of urea groups is 1. The number of nitrogens with zero attached hydrogens (tertiary/aromatic N) is 1. The van der Waals surface area contributed by atoms with Crippen LogP contribution in [0.5, 0.6) is 0 Å². The van der Waals surface area contributed by atoms with E-state index in [1.54, 1.807) is 7.05 Å². The maximum absolute atomic E-state index is 13.1. The van der Waals surface area contributed by atoms with Crippen LogP contribution in [0, 0.1) is 5.82 Å². The number of carbonyl (C=O) groups excluding carboxylic acids is 2. The van der Waals surface area contributed by atoms with Gasteiger partial charge in [-0.05, 0) is 30.8 Å². The summed E-state index contributed by atoms with van der Waals surface area (Å²) in [6.07, 6.45) is -1.41. The maximum atomic E-state index is 13.1. The fourth-order valence-electron chi connectivity index (χ4n) is 2.16. The molecule has 2 amide bonds. The van der Waals surface area contributed by atoms with Crippen molar-refractivity contribution in [3.8, 4) is 0 Å². The van der Waals surface area contributed by atoms with Crippen molar-refractivity contribution >= 4 is 30.1 Å². The van der Waals surface area contributed by atoms with Crippen molar-refractivity contribution in [2.75, 3.05) is 20.1 Å². The van der Waals surface area contributed by atoms with Crippen LogP contribution in [-0.4, -0.2) is 50.9 Å². The molecule has 1 aromatic rings. The van der Waals surface area contributed by atoms with E-state index >= 15 is 0 Å². The molecular weight excluding hydrogens is 418 g/mol. The van der Waals surface area contributed by atoms with E-state index in [4.69, 9.17) is 17.3 Å². The first-order valence-electron chi connectivity index (χ1n) is 8.21. The highest BCUT2D eigenvalue weighted by Crippen LogP contribution is 2.23. The van der Waals surface area contributed by atoms with Crippen LogP contribution in [0.25, 0.3) is 0 Å². The SMILES string of the molecule is CNC(/C(N)=C/C=NCC(F)(F)F)c1ccc(F)c(Cl)c1.O=CC1CNC(=O)N1. The second-order valence-electron chi connectivity index (χ2n) is 5.76. The zero-order valence-corrected chi connectivity index (χ0v) is 16.0. The van der Waals surface area contributed by atoms with Crippen molar-refractivity contribution in [2.45, 2.75) is 18.3 Å². The normalized spacial score (nSPS) is 17.9. The van der Waals surface area contributed by atoms with Gasteiger partial charge in [0.1, 0.15) is 24.7 Å².